The van der Waals surface area contributed by atoms with Crippen molar-refractivity contribution in [3.05, 3.63) is 34.9 Å². The van der Waals surface area contributed by atoms with Gasteiger partial charge in [0.1, 0.15) is 0 Å². The molecular formula is C16H23ClO2. The Morgan fingerprint density at radius 3 is 2.63 bits per heavy atom. The summed E-state index contributed by atoms with van der Waals surface area (Å²) in [7, 11) is 0. The van der Waals surface area contributed by atoms with E-state index in [-0.39, 0.29) is 17.4 Å². The predicted molar refractivity (Wildman–Crippen MR) is 78.3 cm³/mol. The number of rotatable bonds is 2. The molecule has 0 amide bonds. The quantitative estimate of drug-likeness (QED) is 0.816. The summed E-state index contributed by atoms with van der Waals surface area (Å²) in [6.07, 6.45) is 2.28. The summed E-state index contributed by atoms with van der Waals surface area (Å²) in [6.45, 7) is 4.16. The van der Waals surface area contributed by atoms with Gasteiger partial charge in [-0.15, -0.1) is 0 Å². The van der Waals surface area contributed by atoms with Crippen molar-refractivity contribution in [1.29, 1.82) is 0 Å². The van der Waals surface area contributed by atoms with Crippen molar-refractivity contribution in [3.63, 3.8) is 0 Å². The molecule has 1 saturated carbocycles. The number of halogens is 1. The molecule has 0 aromatic heterocycles. The zero-order valence-electron chi connectivity index (χ0n) is 11.6. The first-order valence-electron chi connectivity index (χ1n) is 6.99. The van der Waals surface area contributed by atoms with Crippen LogP contribution in [0.1, 0.15) is 38.7 Å². The molecule has 0 aliphatic heterocycles. The second kappa shape index (κ2) is 5.82. The SMILES string of the molecule is CC1(C)CC[C@H](O)C[C@@H](Cc2ccccc2Cl)[C@@H]1O. The monoisotopic (exact) mass is 282 g/mol. The minimum atomic E-state index is -0.402. The molecule has 3 atom stereocenters. The Morgan fingerprint density at radius 2 is 1.95 bits per heavy atom. The lowest BCUT2D eigenvalue weighted by Gasteiger charge is -2.33. The molecule has 19 heavy (non-hydrogen) atoms. The summed E-state index contributed by atoms with van der Waals surface area (Å²) < 4.78 is 0. The van der Waals surface area contributed by atoms with Crippen LogP contribution in [0, 0.1) is 11.3 Å². The van der Waals surface area contributed by atoms with Crippen LogP contribution in [-0.2, 0) is 6.42 Å². The van der Waals surface area contributed by atoms with E-state index in [0.29, 0.717) is 6.42 Å². The Morgan fingerprint density at radius 1 is 1.26 bits per heavy atom. The van der Waals surface area contributed by atoms with Gasteiger partial charge in [0.25, 0.3) is 0 Å². The van der Waals surface area contributed by atoms with Crippen LogP contribution in [-0.4, -0.2) is 22.4 Å². The van der Waals surface area contributed by atoms with Crippen molar-refractivity contribution >= 4 is 11.6 Å². The summed E-state index contributed by atoms with van der Waals surface area (Å²) in [5, 5.41) is 21.3. The van der Waals surface area contributed by atoms with Gasteiger partial charge in [0.15, 0.2) is 0 Å². The van der Waals surface area contributed by atoms with Crippen LogP contribution >= 0.6 is 11.6 Å². The molecule has 0 heterocycles. The Bertz CT molecular complexity index is 431. The highest BCUT2D eigenvalue weighted by Gasteiger charge is 2.38. The molecule has 1 aliphatic rings. The second-order valence-electron chi connectivity index (χ2n) is 6.42. The zero-order chi connectivity index (χ0) is 14.0. The van der Waals surface area contributed by atoms with E-state index in [1.54, 1.807) is 0 Å². The van der Waals surface area contributed by atoms with Crippen LogP contribution in [0.2, 0.25) is 5.02 Å². The summed E-state index contributed by atoms with van der Waals surface area (Å²) in [5.41, 5.74) is 0.904. The van der Waals surface area contributed by atoms with Gasteiger partial charge < -0.3 is 10.2 Å². The molecule has 106 valence electrons. The van der Waals surface area contributed by atoms with Crippen molar-refractivity contribution in [2.75, 3.05) is 0 Å². The molecule has 1 aliphatic carbocycles. The molecular weight excluding hydrogens is 260 g/mol. The van der Waals surface area contributed by atoms with E-state index >= 15 is 0 Å². The average Bonchev–Trinajstić information content (AvgIpc) is 2.45. The van der Waals surface area contributed by atoms with E-state index in [2.05, 4.69) is 13.8 Å². The van der Waals surface area contributed by atoms with Gasteiger partial charge in [0.2, 0.25) is 0 Å². The molecule has 1 fully saturated rings. The third kappa shape index (κ3) is 3.50. The maximum Gasteiger partial charge on any atom is 0.0623 e. The van der Waals surface area contributed by atoms with Crippen molar-refractivity contribution in [2.45, 2.75) is 51.7 Å². The average molecular weight is 283 g/mol. The van der Waals surface area contributed by atoms with Gasteiger partial charge in [0.05, 0.1) is 12.2 Å². The van der Waals surface area contributed by atoms with Gasteiger partial charge in [-0.1, -0.05) is 43.6 Å². The van der Waals surface area contributed by atoms with E-state index in [1.807, 2.05) is 24.3 Å². The first-order valence-corrected chi connectivity index (χ1v) is 7.37. The summed E-state index contributed by atoms with van der Waals surface area (Å²) >= 11 is 6.20. The van der Waals surface area contributed by atoms with E-state index in [9.17, 15) is 10.2 Å². The molecule has 1 aromatic carbocycles. The predicted octanol–water partition coefficient (Wildman–Crippen LogP) is 3.43. The number of hydrogen-bond acceptors (Lipinski definition) is 2. The molecule has 0 unspecified atom stereocenters. The van der Waals surface area contributed by atoms with Crippen LogP contribution in [0.25, 0.3) is 0 Å². The van der Waals surface area contributed by atoms with E-state index in [4.69, 9.17) is 11.6 Å². The highest BCUT2D eigenvalue weighted by atomic mass is 35.5. The third-order valence-electron chi connectivity index (χ3n) is 4.38. The van der Waals surface area contributed by atoms with Gasteiger partial charge in [-0.2, -0.15) is 0 Å². The van der Waals surface area contributed by atoms with E-state index in [0.717, 1.165) is 29.8 Å². The van der Waals surface area contributed by atoms with Gasteiger partial charge >= 0.3 is 0 Å². The van der Waals surface area contributed by atoms with Gasteiger partial charge in [-0.05, 0) is 48.6 Å². The smallest absolute Gasteiger partial charge is 0.0623 e. The Hall–Kier alpha value is -0.570. The highest BCUT2D eigenvalue weighted by molar-refractivity contribution is 6.31. The summed E-state index contributed by atoms with van der Waals surface area (Å²) in [4.78, 5) is 0. The largest absolute Gasteiger partial charge is 0.393 e. The third-order valence-corrected chi connectivity index (χ3v) is 4.75. The molecule has 0 saturated heterocycles. The summed E-state index contributed by atoms with van der Waals surface area (Å²) in [6, 6.07) is 7.75. The van der Waals surface area contributed by atoms with E-state index < -0.39 is 6.10 Å². The number of aliphatic hydroxyl groups excluding tert-OH is 2. The second-order valence-corrected chi connectivity index (χ2v) is 6.82. The van der Waals surface area contributed by atoms with Crippen LogP contribution in [0.15, 0.2) is 24.3 Å². The summed E-state index contributed by atoms with van der Waals surface area (Å²) in [5.74, 6) is 0.0624. The van der Waals surface area contributed by atoms with Crippen LogP contribution in [0.3, 0.4) is 0 Å². The van der Waals surface area contributed by atoms with Crippen molar-refractivity contribution in [2.24, 2.45) is 11.3 Å². The molecule has 0 bridgehead atoms. The van der Waals surface area contributed by atoms with Crippen LogP contribution in [0.5, 0.6) is 0 Å². The van der Waals surface area contributed by atoms with Crippen LogP contribution in [0.4, 0.5) is 0 Å². The van der Waals surface area contributed by atoms with Gasteiger partial charge in [-0.3, -0.25) is 0 Å². The molecule has 2 rings (SSSR count). The first kappa shape index (κ1) is 14.8. The Balaban J connectivity index is 2.19. The fourth-order valence-corrected chi connectivity index (χ4v) is 3.28. The number of aliphatic hydroxyl groups is 2. The molecule has 0 spiro atoms. The van der Waals surface area contributed by atoms with Gasteiger partial charge in [-0.25, -0.2) is 0 Å². The van der Waals surface area contributed by atoms with Crippen LogP contribution < -0.4 is 0 Å². The van der Waals surface area contributed by atoms with Crippen molar-refractivity contribution in [3.8, 4) is 0 Å². The first-order chi connectivity index (χ1) is 8.90. The molecule has 2 N–H and O–H groups in total. The van der Waals surface area contributed by atoms with E-state index in [1.165, 1.54) is 0 Å². The molecule has 2 nitrogen and oxygen atoms in total. The maximum atomic E-state index is 10.6. The minimum absolute atomic E-state index is 0.0624. The fourth-order valence-electron chi connectivity index (χ4n) is 3.06. The van der Waals surface area contributed by atoms with Gasteiger partial charge in [0, 0.05) is 5.02 Å². The zero-order valence-corrected chi connectivity index (χ0v) is 12.4. The number of hydrogen-bond donors (Lipinski definition) is 2. The molecule has 3 heteroatoms. The maximum absolute atomic E-state index is 10.6. The Labute approximate surface area is 120 Å². The normalized spacial score (nSPS) is 30.9. The molecule has 1 aromatic rings. The topological polar surface area (TPSA) is 40.5 Å². The van der Waals surface area contributed by atoms with Crippen molar-refractivity contribution in [1.82, 2.24) is 0 Å². The highest BCUT2D eigenvalue weighted by Crippen LogP contribution is 2.39. The lowest BCUT2D eigenvalue weighted by molar-refractivity contribution is 0.00131. The lowest BCUT2D eigenvalue weighted by atomic mass is 9.76. The standard InChI is InChI=1S/C16H23ClO2/c1-16(2)8-7-13(18)10-12(15(16)19)9-11-5-3-4-6-14(11)17/h3-6,12-13,15,18-19H,7-10H2,1-2H3/t12-,13+,15+/m1/s1. The minimum Gasteiger partial charge on any atom is -0.393 e. The Kier molecular flexibility index (Phi) is 4.54. The van der Waals surface area contributed by atoms with Crippen molar-refractivity contribution < 1.29 is 10.2 Å². The lowest BCUT2D eigenvalue weighted by Crippen LogP contribution is -2.35. The fraction of sp³-hybridized carbons (Fsp3) is 0.625. The number of benzene rings is 1. The molecule has 0 radical (unpaired) electrons.